The van der Waals surface area contributed by atoms with Crippen molar-refractivity contribution in [3.63, 3.8) is 0 Å². The van der Waals surface area contributed by atoms with Gasteiger partial charge in [-0.15, -0.1) is 0 Å². The molecule has 9 heteroatoms. The average molecular weight is 601 g/mol. The highest BCUT2D eigenvalue weighted by atomic mass is 19.1. The van der Waals surface area contributed by atoms with Crippen LogP contribution in [0.3, 0.4) is 0 Å². The Balaban J connectivity index is 1.30. The first kappa shape index (κ1) is 30.6. The van der Waals surface area contributed by atoms with E-state index in [4.69, 9.17) is 4.98 Å². The minimum absolute atomic E-state index is 0.00778. The van der Waals surface area contributed by atoms with Gasteiger partial charge in [-0.05, 0) is 43.9 Å². The Bertz CT molecular complexity index is 1450. The van der Waals surface area contributed by atoms with Crippen LogP contribution in [-0.2, 0) is 11.3 Å². The van der Waals surface area contributed by atoms with Gasteiger partial charge in [-0.2, -0.15) is 0 Å². The summed E-state index contributed by atoms with van der Waals surface area (Å²) in [6.07, 6.45) is 5.84. The predicted octanol–water partition coefficient (Wildman–Crippen LogP) is 4.29. The molecule has 3 aliphatic rings. The third-order valence-electron chi connectivity index (χ3n) is 9.71. The highest BCUT2D eigenvalue weighted by Gasteiger charge is 2.30. The minimum Gasteiger partial charge on any atom is -0.349 e. The Hall–Kier alpha value is -3.40. The number of hydrogen-bond acceptors (Lipinski definition) is 6. The van der Waals surface area contributed by atoms with Gasteiger partial charge < -0.3 is 15.5 Å². The largest absolute Gasteiger partial charge is 0.349 e. The van der Waals surface area contributed by atoms with E-state index in [0.29, 0.717) is 47.7 Å². The molecule has 3 aromatic rings. The molecule has 2 saturated heterocycles. The van der Waals surface area contributed by atoms with Gasteiger partial charge in [-0.3, -0.25) is 19.4 Å². The van der Waals surface area contributed by atoms with Crippen LogP contribution in [0.2, 0.25) is 0 Å². The summed E-state index contributed by atoms with van der Waals surface area (Å²) in [5.41, 5.74) is 3.38. The third kappa shape index (κ3) is 7.11. The lowest BCUT2D eigenvalue weighted by Gasteiger charge is -2.36. The van der Waals surface area contributed by atoms with Gasteiger partial charge in [0.15, 0.2) is 0 Å². The van der Waals surface area contributed by atoms with Crippen LogP contribution in [0.15, 0.2) is 48.5 Å². The van der Waals surface area contributed by atoms with E-state index in [9.17, 15) is 14.0 Å². The Kier molecular flexibility index (Phi) is 9.84. The second kappa shape index (κ2) is 14.1. The summed E-state index contributed by atoms with van der Waals surface area (Å²) in [7, 11) is 0. The first-order valence-corrected chi connectivity index (χ1v) is 16.4. The number of carbonyl (C=O) groups excluding carboxylic acids is 2. The van der Waals surface area contributed by atoms with E-state index in [2.05, 4.69) is 27.4 Å². The number of aromatic nitrogens is 1. The van der Waals surface area contributed by atoms with Crippen molar-refractivity contribution < 1.29 is 14.0 Å². The summed E-state index contributed by atoms with van der Waals surface area (Å²) in [5.74, 6) is -0.0690. The fourth-order valence-corrected chi connectivity index (χ4v) is 7.10. The second-order valence-corrected chi connectivity index (χ2v) is 12.7. The SMILES string of the molecule is C[C@H](NC(=O)c1c(CN2CCN(CCN3CCNCC3)C(=O)C2)c(-c2ccccc2)nc2ccc(F)cc12)C1CCCCC1. The third-order valence-corrected chi connectivity index (χ3v) is 9.71. The van der Waals surface area contributed by atoms with Crippen LogP contribution in [0.1, 0.15) is 54.9 Å². The van der Waals surface area contributed by atoms with Gasteiger partial charge in [0.2, 0.25) is 5.91 Å². The molecule has 0 unspecified atom stereocenters. The van der Waals surface area contributed by atoms with E-state index in [-0.39, 0.29) is 24.4 Å². The van der Waals surface area contributed by atoms with Crippen LogP contribution in [0.4, 0.5) is 4.39 Å². The molecule has 1 aliphatic carbocycles. The lowest BCUT2D eigenvalue weighted by atomic mass is 9.84. The Morgan fingerprint density at radius 3 is 2.52 bits per heavy atom. The standard InChI is InChI=1S/C35H45FN6O2/c1-25(26-8-4-2-5-9-26)38-35(44)33-29-22-28(36)12-13-31(29)39-34(27-10-6-3-7-11-27)30(33)23-41-19-21-42(32(43)24-41)20-18-40-16-14-37-15-17-40/h3,6-7,10-13,22,25-26,37H,2,4-5,8-9,14-21,23-24H2,1H3,(H,38,44)/t25-/m0/s1. The quantitative estimate of drug-likeness (QED) is 0.382. The summed E-state index contributed by atoms with van der Waals surface area (Å²) >= 11 is 0. The van der Waals surface area contributed by atoms with Crippen LogP contribution >= 0.6 is 0 Å². The number of fused-ring (bicyclic) bond motifs is 1. The van der Waals surface area contributed by atoms with E-state index in [1.54, 1.807) is 6.07 Å². The molecule has 44 heavy (non-hydrogen) atoms. The molecule has 1 saturated carbocycles. The van der Waals surface area contributed by atoms with Gasteiger partial charge in [0.25, 0.3) is 5.91 Å². The van der Waals surface area contributed by atoms with Gasteiger partial charge in [0.1, 0.15) is 5.82 Å². The minimum atomic E-state index is -0.402. The van der Waals surface area contributed by atoms with Crippen LogP contribution in [0.25, 0.3) is 22.2 Å². The first-order chi connectivity index (χ1) is 21.5. The molecule has 1 atom stereocenters. The molecule has 3 heterocycles. The number of pyridine rings is 1. The van der Waals surface area contributed by atoms with Crippen LogP contribution < -0.4 is 10.6 Å². The van der Waals surface area contributed by atoms with E-state index in [1.807, 2.05) is 35.2 Å². The molecule has 2 amide bonds. The fourth-order valence-electron chi connectivity index (χ4n) is 7.10. The molecule has 3 fully saturated rings. The highest BCUT2D eigenvalue weighted by molar-refractivity contribution is 6.09. The number of amides is 2. The number of piperazine rings is 2. The van der Waals surface area contributed by atoms with Crippen LogP contribution in [0, 0.1) is 11.7 Å². The zero-order valence-corrected chi connectivity index (χ0v) is 25.9. The molecular weight excluding hydrogens is 555 g/mol. The molecule has 234 valence electrons. The topological polar surface area (TPSA) is 80.8 Å². The number of benzene rings is 2. The predicted molar refractivity (Wildman–Crippen MR) is 172 cm³/mol. The lowest BCUT2D eigenvalue weighted by Crippen LogP contribution is -2.53. The van der Waals surface area contributed by atoms with Gasteiger partial charge in [0, 0.05) is 81.5 Å². The average Bonchev–Trinajstić information content (AvgIpc) is 3.05. The maximum absolute atomic E-state index is 14.7. The summed E-state index contributed by atoms with van der Waals surface area (Å²) in [5, 5.41) is 7.19. The molecular formula is C35H45FN6O2. The second-order valence-electron chi connectivity index (χ2n) is 12.7. The zero-order chi connectivity index (χ0) is 30.5. The summed E-state index contributed by atoms with van der Waals surface area (Å²) < 4.78 is 14.7. The number of nitrogens with zero attached hydrogens (tertiary/aromatic N) is 4. The van der Waals surface area contributed by atoms with Crippen molar-refractivity contribution in [3.05, 3.63) is 65.5 Å². The zero-order valence-electron chi connectivity index (χ0n) is 25.9. The lowest BCUT2D eigenvalue weighted by molar-refractivity contribution is -0.136. The first-order valence-electron chi connectivity index (χ1n) is 16.4. The normalized spacial score (nSPS) is 19.8. The molecule has 2 N–H and O–H groups in total. The van der Waals surface area contributed by atoms with E-state index in [1.165, 1.54) is 31.4 Å². The molecule has 2 aliphatic heterocycles. The molecule has 0 bridgehead atoms. The van der Waals surface area contributed by atoms with Gasteiger partial charge in [-0.1, -0.05) is 49.6 Å². The summed E-state index contributed by atoms with van der Waals surface area (Å²) in [4.78, 5) is 39.1. The summed E-state index contributed by atoms with van der Waals surface area (Å²) in [6.45, 7) is 9.69. The maximum Gasteiger partial charge on any atom is 0.252 e. The van der Waals surface area contributed by atoms with Gasteiger partial charge in [0.05, 0.1) is 23.3 Å². The number of nitrogens with one attached hydrogen (secondary N) is 2. The van der Waals surface area contributed by atoms with Crippen LogP contribution in [0.5, 0.6) is 0 Å². The summed E-state index contributed by atoms with van der Waals surface area (Å²) in [6, 6.07) is 14.4. The monoisotopic (exact) mass is 600 g/mol. The number of hydrogen-bond donors (Lipinski definition) is 2. The Morgan fingerprint density at radius 2 is 1.77 bits per heavy atom. The van der Waals surface area contributed by atoms with Crippen molar-refractivity contribution in [3.8, 4) is 11.3 Å². The molecule has 1 aromatic heterocycles. The van der Waals surface area contributed by atoms with Crippen molar-refractivity contribution in [1.29, 1.82) is 0 Å². The molecule has 6 rings (SSSR count). The molecule has 0 radical (unpaired) electrons. The number of rotatable bonds is 9. The number of halogens is 1. The number of carbonyl (C=O) groups is 2. The van der Waals surface area contributed by atoms with Crippen molar-refractivity contribution >= 4 is 22.7 Å². The van der Waals surface area contributed by atoms with Gasteiger partial charge in [-0.25, -0.2) is 9.37 Å². The van der Waals surface area contributed by atoms with Crippen molar-refractivity contribution in [1.82, 2.24) is 30.3 Å². The Labute approximate surface area is 260 Å². The van der Waals surface area contributed by atoms with Gasteiger partial charge >= 0.3 is 0 Å². The Morgan fingerprint density at radius 1 is 1.00 bits per heavy atom. The fraction of sp³-hybridized carbons (Fsp3) is 0.514. The van der Waals surface area contributed by atoms with Crippen LogP contribution in [-0.4, -0.2) is 96.4 Å². The molecule has 0 spiro atoms. The molecule has 8 nitrogen and oxygen atoms in total. The van der Waals surface area contributed by atoms with Crippen molar-refractivity contribution in [2.24, 2.45) is 5.92 Å². The molecule has 2 aromatic carbocycles. The van der Waals surface area contributed by atoms with Crippen molar-refractivity contribution in [2.45, 2.75) is 51.6 Å². The highest BCUT2D eigenvalue weighted by Crippen LogP contribution is 2.33. The van der Waals surface area contributed by atoms with E-state index in [0.717, 1.165) is 63.2 Å². The van der Waals surface area contributed by atoms with E-state index < -0.39 is 5.82 Å². The smallest absolute Gasteiger partial charge is 0.252 e. The van der Waals surface area contributed by atoms with Crippen molar-refractivity contribution in [2.75, 3.05) is 58.9 Å². The maximum atomic E-state index is 14.7. The van der Waals surface area contributed by atoms with E-state index >= 15 is 0 Å².